The minimum atomic E-state index is -4.02. The third-order valence-electron chi connectivity index (χ3n) is 3.57. The lowest BCUT2D eigenvalue weighted by Crippen LogP contribution is -2.15. The normalized spacial score (nSPS) is 11.1. The van der Waals surface area contributed by atoms with Crippen molar-refractivity contribution >= 4 is 71.2 Å². The summed E-state index contributed by atoms with van der Waals surface area (Å²) in [5, 5.41) is 13.1. The first kappa shape index (κ1) is 21.2. The number of hydrogen-bond acceptors (Lipinski definition) is 6. The summed E-state index contributed by atoms with van der Waals surface area (Å²) >= 11 is 10.0. The summed E-state index contributed by atoms with van der Waals surface area (Å²) < 4.78 is 28.6. The van der Waals surface area contributed by atoms with Crippen molar-refractivity contribution in [1.29, 1.82) is 0 Å². The number of nitro groups is 1. The standard InChI is InChI=1S/C17H11BrClN3O5S2/c18-10-1-3-11(4-2-10)21-29(26,27)15-9-12(5-6-13(15)19)20-17(23)14-7-8-16(28-14)22(24)25/h1-9,21H,(H,20,23). The fraction of sp³-hybridized carbons (Fsp3) is 0. The van der Waals surface area contributed by atoms with Gasteiger partial charge in [-0.05, 0) is 48.5 Å². The van der Waals surface area contributed by atoms with Crippen LogP contribution < -0.4 is 10.0 Å². The highest BCUT2D eigenvalue weighted by Gasteiger charge is 2.20. The third kappa shape index (κ3) is 5.12. The van der Waals surface area contributed by atoms with Crippen LogP contribution in [0.5, 0.6) is 0 Å². The molecule has 0 unspecified atom stereocenters. The summed E-state index contributed by atoms with van der Waals surface area (Å²) in [6, 6.07) is 13.0. The summed E-state index contributed by atoms with van der Waals surface area (Å²) in [4.78, 5) is 22.3. The number of rotatable bonds is 6. The second kappa shape index (κ2) is 8.49. The quantitative estimate of drug-likeness (QED) is 0.348. The van der Waals surface area contributed by atoms with E-state index in [0.717, 1.165) is 4.47 Å². The van der Waals surface area contributed by atoms with Gasteiger partial charge in [-0.3, -0.25) is 19.6 Å². The number of sulfonamides is 1. The summed E-state index contributed by atoms with van der Waals surface area (Å²) in [7, 11) is -4.02. The van der Waals surface area contributed by atoms with Gasteiger partial charge in [0.25, 0.3) is 15.9 Å². The van der Waals surface area contributed by atoms with Crippen molar-refractivity contribution < 1.29 is 18.1 Å². The number of nitrogens with zero attached hydrogens (tertiary/aromatic N) is 1. The number of benzene rings is 2. The zero-order valence-corrected chi connectivity index (χ0v) is 18.2. The van der Waals surface area contributed by atoms with Crippen molar-refractivity contribution in [2.75, 3.05) is 10.0 Å². The van der Waals surface area contributed by atoms with E-state index in [1.165, 1.54) is 30.3 Å². The van der Waals surface area contributed by atoms with Crippen molar-refractivity contribution in [2.45, 2.75) is 4.90 Å². The van der Waals surface area contributed by atoms with Gasteiger partial charge in [0.1, 0.15) is 4.90 Å². The predicted octanol–water partition coefficient (Wildman–Crippen LogP) is 5.13. The van der Waals surface area contributed by atoms with E-state index in [1.54, 1.807) is 24.3 Å². The highest BCUT2D eigenvalue weighted by atomic mass is 79.9. The first-order chi connectivity index (χ1) is 13.7. The van der Waals surface area contributed by atoms with Crippen LogP contribution >= 0.6 is 38.9 Å². The van der Waals surface area contributed by atoms with Gasteiger partial charge in [-0.2, -0.15) is 0 Å². The Labute approximate surface area is 182 Å². The molecular formula is C17H11BrClN3O5S2. The highest BCUT2D eigenvalue weighted by Crippen LogP contribution is 2.29. The van der Waals surface area contributed by atoms with E-state index in [4.69, 9.17) is 11.6 Å². The molecule has 0 bridgehead atoms. The summed E-state index contributed by atoms with van der Waals surface area (Å²) in [5.41, 5.74) is 0.510. The lowest BCUT2D eigenvalue weighted by Gasteiger charge is -2.12. The van der Waals surface area contributed by atoms with Crippen molar-refractivity contribution in [3.8, 4) is 0 Å². The second-order valence-corrected chi connectivity index (χ2v) is 9.64. The fourth-order valence-corrected chi connectivity index (χ4v) is 4.82. The number of nitrogens with one attached hydrogen (secondary N) is 2. The van der Waals surface area contributed by atoms with Crippen molar-refractivity contribution in [3.63, 3.8) is 0 Å². The van der Waals surface area contributed by atoms with E-state index in [0.29, 0.717) is 17.0 Å². The molecule has 8 nitrogen and oxygen atoms in total. The largest absolute Gasteiger partial charge is 0.324 e. The number of thiophene rings is 1. The summed E-state index contributed by atoms with van der Waals surface area (Å²) in [5.74, 6) is -0.602. The topological polar surface area (TPSA) is 118 Å². The van der Waals surface area contributed by atoms with Crippen LogP contribution in [0.1, 0.15) is 9.67 Å². The van der Waals surface area contributed by atoms with Gasteiger partial charge in [-0.15, -0.1) is 0 Å². The lowest BCUT2D eigenvalue weighted by molar-refractivity contribution is -0.380. The second-order valence-electron chi connectivity index (χ2n) is 5.61. The molecular weight excluding hydrogens is 506 g/mol. The minimum Gasteiger partial charge on any atom is -0.321 e. The molecule has 1 aromatic heterocycles. The van der Waals surface area contributed by atoms with Gasteiger partial charge in [-0.25, -0.2) is 8.42 Å². The van der Waals surface area contributed by atoms with Crippen LogP contribution in [0.15, 0.2) is 64.0 Å². The van der Waals surface area contributed by atoms with Gasteiger partial charge in [0, 0.05) is 21.9 Å². The molecule has 29 heavy (non-hydrogen) atoms. The van der Waals surface area contributed by atoms with E-state index in [1.807, 2.05) is 0 Å². The maximum absolute atomic E-state index is 12.7. The molecule has 0 aliphatic heterocycles. The smallest absolute Gasteiger partial charge is 0.321 e. The predicted molar refractivity (Wildman–Crippen MR) is 115 cm³/mol. The number of anilines is 2. The fourth-order valence-electron chi connectivity index (χ4n) is 2.26. The molecule has 2 aromatic carbocycles. The third-order valence-corrected chi connectivity index (χ3v) is 7.00. The van der Waals surface area contributed by atoms with Gasteiger partial charge < -0.3 is 5.32 Å². The zero-order chi connectivity index (χ0) is 21.2. The van der Waals surface area contributed by atoms with E-state index >= 15 is 0 Å². The molecule has 0 aliphatic rings. The van der Waals surface area contributed by atoms with Crippen LogP contribution in [0.4, 0.5) is 16.4 Å². The maximum Gasteiger partial charge on any atom is 0.324 e. The zero-order valence-electron chi connectivity index (χ0n) is 14.3. The van der Waals surface area contributed by atoms with Gasteiger partial charge in [0.2, 0.25) is 0 Å². The Balaban J connectivity index is 1.84. The number of carbonyl (C=O) groups excluding carboxylic acids is 1. The molecule has 3 aromatic rings. The number of amides is 1. The summed E-state index contributed by atoms with van der Waals surface area (Å²) in [6.45, 7) is 0. The maximum atomic E-state index is 12.7. The Bertz CT molecular complexity index is 1200. The molecule has 0 atom stereocenters. The van der Waals surface area contributed by atoms with Crippen molar-refractivity contribution in [1.82, 2.24) is 0 Å². The molecule has 1 amide bonds. The average molecular weight is 517 g/mol. The number of carbonyl (C=O) groups is 1. The lowest BCUT2D eigenvalue weighted by atomic mass is 10.3. The van der Waals surface area contributed by atoms with Crippen LogP contribution in [-0.4, -0.2) is 19.2 Å². The number of hydrogen-bond donors (Lipinski definition) is 2. The molecule has 0 spiro atoms. The van der Waals surface area contributed by atoms with Crippen molar-refractivity contribution in [3.05, 3.63) is 79.1 Å². The average Bonchev–Trinajstić information content (AvgIpc) is 3.15. The SMILES string of the molecule is O=C(Nc1ccc(Cl)c(S(=O)(=O)Nc2ccc(Br)cc2)c1)c1ccc([N+](=O)[O-])s1. The molecule has 150 valence electrons. The molecule has 3 rings (SSSR count). The van der Waals surface area contributed by atoms with Gasteiger partial charge >= 0.3 is 5.00 Å². The minimum absolute atomic E-state index is 0.0284. The molecule has 1 heterocycles. The van der Waals surface area contributed by atoms with E-state index < -0.39 is 20.9 Å². The molecule has 0 saturated carbocycles. The molecule has 2 N–H and O–H groups in total. The Morgan fingerprint density at radius 2 is 1.72 bits per heavy atom. The molecule has 0 aliphatic carbocycles. The summed E-state index contributed by atoms with van der Waals surface area (Å²) in [6.07, 6.45) is 0. The molecule has 0 radical (unpaired) electrons. The van der Waals surface area contributed by atoms with E-state index in [2.05, 4.69) is 26.0 Å². The first-order valence-corrected chi connectivity index (χ1v) is 11.3. The van der Waals surface area contributed by atoms with Crippen LogP contribution in [-0.2, 0) is 10.0 Å². The van der Waals surface area contributed by atoms with Crippen LogP contribution in [0.2, 0.25) is 5.02 Å². The Kier molecular flexibility index (Phi) is 6.22. The number of halogens is 2. The van der Waals surface area contributed by atoms with E-state index in [9.17, 15) is 23.3 Å². The first-order valence-electron chi connectivity index (χ1n) is 7.79. The molecule has 12 heteroatoms. The van der Waals surface area contributed by atoms with Gasteiger partial charge in [0.15, 0.2) is 0 Å². The highest BCUT2D eigenvalue weighted by molar-refractivity contribution is 9.10. The van der Waals surface area contributed by atoms with Crippen LogP contribution in [0, 0.1) is 10.1 Å². The van der Waals surface area contributed by atoms with Crippen molar-refractivity contribution in [2.24, 2.45) is 0 Å². The Morgan fingerprint density at radius 1 is 1.07 bits per heavy atom. The molecule has 0 saturated heterocycles. The van der Waals surface area contributed by atoms with Gasteiger partial charge in [-0.1, -0.05) is 38.9 Å². The van der Waals surface area contributed by atoms with Gasteiger partial charge in [0.05, 0.1) is 14.8 Å². The Hall–Kier alpha value is -2.47. The molecule has 0 fully saturated rings. The van der Waals surface area contributed by atoms with Crippen LogP contribution in [0.25, 0.3) is 0 Å². The monoisotopic (exact) mass is 515 g/mol. The Morgan fingerprint density at radius 3 is 2.34 bits per heavy atom. The van der Waals surface area contributed by atoms with Crippen LogP contribution in [0.3, 0.4) is 0 Å². The van der Waals surface area contributed by atoms with E-state index in [-0.39, 0.29) is 25.5 Å².